The zero-order chi connectivity index (χ0) is 21.6. The predicted molar refractivity (Wildman–Crippen MR) is 117 cm³/mol. The van der Waals surface area contributed by atoms with Crippen LogP contribution < -0.4 is 9.47 Å². The van der Waals surface area contributed by atoms with E-state index in [0.717, 1.165) is 11.1 Å². The second kappa shape index (κ2) is 9.33. The van der Waals surface area contributed by atoms with Crippen LogP contribution in [0.5, 0.6) is 11.6 Å². The largest absolute Gasteiger partial charge is 0.486 e. The van der Waals surface area contributed by atoms with Gasteiger partial charge in [0, 0.05) is 28.9 Å². The van der Waals surface area contributed by atoms with E-state index in [9.17, 15) is 0 Å². The minimum absolute atomic E-state index is 0.151. The average Bonchev–Trinajstić information content (AvgIpc) is 3.28. The van der Waals surface area contributed by atoms with Crippen LogP contribution in [0.15, 0.2) is 79.1 Å². The summed E-state index contributed by atoms with van der Waals surface area (Å²) >= 11 is 6.21. The lowest BCUT2D eigenvalue weighted by atomic mass is 10.1. The Balaban J connectivity index is 1.54. The standard InChI is InChI=1S/C24H19ClN4O2/c1-17(19-5-3-2-4-6-19)31-22-14-21(25)8-7-20(22)16-30-24-10-12-28-29(24)23-13-18(15-26)9-11-27-23/h2-14,17H,16H2,1H3. The molecule has 31 heavy (non-hydrogen) atoms. The molecular weight excluding hydrogens is 412 g/mol. The van der Waals surface area contributed by atoms with Crippen LogP contribution in [0, 0.1) is 11.3 Å². The number of benzene rings is 2. The van der Waals surface area contributed by atoms with Gasteiger partial charge in [0.05, 0.1) is 17.8 Å². The lowest BCUT2D eigenvalue weighted by molar-refractivity contribution is 0.215. The highest BCUT2D eigenvalue weighted by molar-refractivity contribution is 6.30. The summed E-state index contributed by atoms with van der Waals surface area (Å²) in [6.45, 7) is 2.24. The third-order valence-electron chi connectivity index (χ3n) is 4.68. The van der Waals surface area contributed by atoms with Gasteiger partial charge in [-0.15, -0.1) is 0 Å². The summed E-state index contributed by atoms with van der Waals surface area (Å²) in [5, 5.41) is 14.0. The zero-order valence-electron chi connectivity index (χ0n) is 16.8. The second-order valence-electron chi connectivity index (χ2n) is 6.81. The van der Waals surface area contributed by atoms with E-state index >= 15 is 0 Å². The van der Waals surface area contributed by atoms with Crippen LogP contribution in [0.4, 0.5) is 0 Å². The Morgan fingerprint density at radius 2 is 1.90 bits per heavy atom. The molecule has 4 rings (SSSR count). The van der Waals surface area contributed by atoms with Crippen molar-refractivity contribution in [2.45, 2.75) is 19.6 Å². The maximum absolute atomic E-state index is 9.12. The molecule has 7 heteroatoms. The molecule has 0 fully saturated rings. The molecule has 4 aromatic rings. The van der Waals surface area contributed by atoms with E-state index in [2.05, 4.69) is 16.2 Å². The van der Waals surface area contributed by atoms with E-state index in [1.807, 2.05) is 43.3 Å². The fraction of sp³-hybridized carbons (Fsp3) is 0.125. The zero-order valence-corrected chi connectivity index (χ0v) is 17.5. The molecule has 0 bridgehead atoms. The number of hydrogen-bond donors (Lipinski definition) is 0. The van der Waals surface area contributed by atoms with Crippen molar-refractivity contribution < 1.29 is 9.47 Å². The summed E-state index contributed by atoms with van der Waals surface area (Å²) in [5.74, 6) is 1.66. The Morgan fingerprint density at radius 1 is 1.06 bits per heavy atom. The Bertz CT molecular complexity index is 1220. The van der Waals surface area contributed by atoms with Crippen molar-refractivity contribution in [3.8, 4) is 23.5 Å². The van der Waals surface area contributed by atoms with Gasteiger partial charge >= 0.3 is 0 Å². The van der Waals surface area contributed by atoms with Gasteiger partial charge in [0.25, 0.3) is 0 Å². The molecule has 1 unspecified atom stereocenters. The molecule has 0 amide bonds. The van der Waals surface area contributed by atoms with Gasteiger partial charge in [-0.25, -0.2) is 4.98 Å². The lowest BCUT2D eigenvalue weighted by Crippen LogP contribution is -2.08. The molecule has 0 spiro atoms. The number of hydrogen-bond acceptors (Lipinski definition) is 5. The van der Waals surface area contributed by atoms with E-state index in [4.69, 9.17) is 26.3 Å². The van der Waals surface area contributed by atoms with Crippen molar-refractivity contribution in [2.24, 2.45) is 0 Å². The third-order valence-corrected chi connectivity index (χ3v) is 4.91. The third kappa shape index (κ3) is 4.85. The van der Waals surface area contributed by atoms with Crippen molar-refractivity contribution in [2.75, 3.05) is 0 Å². The van der Waals surface area contributed by atoms with Crippen LogP contribution in [0.1, 0.15) is 29.7 Å². The van der Waals surface area contributed by atoms with E-state index in [-0.39, 0.29) is 12.7 Å². The minimum Gasteiger partial charge on any atom is -0.486 e. The SMILES string of the molecule is CC(Oc1cc(Cl)ccc1COc1ccnn1-c1cc(C#N)ccn1)c1ccccc1. The van der Waals surface area contributed by atoms with E-state index < -0.39 is 0 Å². The average molecular weight is 431 g/mol. The maximum Gasteiger partial charge on any atom is 0.218 e. The highest BCUT2D eigenvalue weighted by Gasteiger charge is 2.14. The molecule has 0 saturated carbocycles. The summed E-state index contributed by atoms with van der Waals surface area (Å²) in [5.41, 5.74) is 2.41. The van der Waals surface area contributed by atoms with Crippen molar-refractivity contribution in [3.05, 3.63) is 101 Å². The van der Waals surface area contributed by atoms with Crippen LogP contribution in [-0.2, 0) is 6.61 Å². The monoisotopic (exact) mass is 430 g/mol. The number of rotatable bonds is 7. The number of nitrogens with zero attached hydrogens (tertiary/aromatic N) is 4. The van der Waals surface area contributed by atoms with Crippen molar-refractivity contribution in [1.29, 1.82) is 5.26 Å². The Hall–Kier alpha value is -3.82. The molecular formula is C24H19ClN4O2. The summed E-state index contributed by atoms with van der Waals surface area (Å²) in [6, 6.07) is 22.6. The fourth-order valence-electron chi connectivity index (χ4n) is 3.07. The molecule has 154 valence electrons. The van der Waals surface area contributed by atoms with Gasteiger partial charge in [-0.1, -0.05) is 48.0 Å². The van der Waals surface area contributed by atoms with Gasteiger partial charge in [-0.05, 0) is 30.7 Å². The van der Waals surface area contributed by atoms with Crippen LogP contribution >= 0.6 is 11.6 Å². The first-order valence-electron chi connectivity index (χ1n) is 9.67. The number of halogens is 1. The molecule has 0 saturated heterocycles. The molecule has 6 nitrogen and oxygen atoms in total. The van der Waals surface area contributed by atoms with Gasteiger partial charge in [-0.2, -0.15) is 15.0 Å². The van der Waals surface area contributed by atoms with Crippen molar-refractivity contribution in [3.63, 3.8) is 0 Å². The van der Waals surface area contributed by atoms with Gasteiger partial charge in [0.15, 0.2) is 5.82 Å². The fourth-order valence-corrected chi connectivity index (χ4v) is 3.23. The normalized spacial score (nSPS) is 11.5. The Labute approximate surface area is 185 Å². The highest BCUT2D eigenvalue weighted by atomic mass is 35.5. The molecule has 0 aliphatic rings. The molecule has 0 aliphatic heterocycles. The number of ether oxygens (including phenoxy) is 2. The Kier molecular flexibility index (Phi) is 6.16. The molecule has 0 N–H and O–H groups in total. The van der Waals surface area contributed by atoms with Gasteiger partial charge in [0.2, 0.25) is 5.88 Å². The minimum atomic E-state index is -0.151. The van der Waals surface area contributed by atoms with Crippen molar-refractivity contribution in [1.82, 2.24) is 14.8 Å². The van der Waals surface area contributed by atoms with Gasteiger partial charge in [-0.3, -0.25) is 0 Å². The first-order valence-corrected chi connectivity index (χ1v) is 10.1. The van der Waals surface area contributed by atoms with Crippen LogP contribution in [-0.4, -0.2) is 14.8 Å². The topological polar surface area (TPSA) is 73.0 Å². The maximum atomic E-state index is 9.12. The number of nitriles is 1. The highest BCUT2D eigenvalue weighted by Crippen LogP contribution is 2.29. The lowest BCUT2D eigenvalue weighted by Gasteiger charge is -2.18. The second-order valence-corrected chi connectivity index (χ2v) is 7.24. The Morgan fingerprint density at radius 3 is 2.71 bits per heavy atom. The molecule has 0 aliphatic carbocycles. The number of pyridine rings is 1. The molecule has 2 aromatic carbocycles. The summed E-state index contributed by atoms with van der Waals surface area (Å²) in [7, 11) is 0. The van der Waals surface area contributed by atoms with E-state index in [0.29, 0.717) is 28.0 Å². The molecule has 1 atom stereocenters. The van der Waals surface area contributed by atoms with Crippen LogP contribution in [0.25, 0.3) is 5.82 Å². The first-order chi connectivity index (χ1) is 15.1. The smallest absolute Gasteiger partial charge is 0.218 e. The van der Waals surface area contributed by atoms with E-state index in [1.165, 1.54) is 0 Å². The van der Waals surface area contributed by atoms with Crippen LogP contribution in [0.3, 0.4) is 0 Å². The molecule has 2 heterocycles. The number of aromatic nitrogens is 3. The summed E-state index contributed by atoms with van der Waals surface area (Å²) < 4.78 is 13.8. The molecule has 0 radical (unpaired) electrons. The van der Waals surface area contributed by atoms with Crippen molar-refractivity contribution >= 4 is 11.6 Å². The van der Waals surface area contributed by atoms with Gasteiger partial charge in [0.1, 0.15) is 18.5 Å². The summed E-state index contributed by atoms with van der Waals surface area (Å²) in [6.07, 6.45) is 3.03. The van der Waals surface area contributed by atoms with Gasteiger partial charge < -0.3 is 9.47 Å². The van der Waals surface area contributed by atoms with Crippen LogP contribution in [0.2, 0.25) is 5.02 Å². The van der Waals surface area contributed by atoms with E-state index in [1.54, 1.807) is 47.4 Å². The molecule has 2 aromatic heterocycles. The quantitative estimate of drug-likeness (QED) is 0.386. The first kappa shape index (κ1) is 20.5. The summed E-state index contributed by atoms with van der Waals surface area (Å²) in [4.78, 5) is 4.27. The predicted octanol–water partition coefficient (Wildman–Crippen LogP) is 5.51.